The van der Waals surface area contributed by atoms with E-state index in [2.05, 4.69) is 6.92 Å². The summed E-state index contributed by atoms with van der Waals surface area (Å²) in [6.07, 6.45) is 5.61. The largest absolute Gasteiger partial charge is 0.488 e. The number of hydrogen-bond acceptors (Lipinski definition) is 6. The average Bonchev–Trinajstić information content (AvgIpc) is 2.92. The molecule has 0 aliphatic heterocycles. The van der Waals surface area contributed by atoms with Crippen LogP contribution in [0.15, 0.2) is 72.8 Å². The van der Waals surface area contributed by atoms with Crippen molar-refractivity contribution in [1.29, 1.82) is 0 Å². The van der Waals surface area contributed by atoms with Gasteiger partial charge in [0.15, 0.2) is 0 Å². The molecule has 0 N–H and O–H groups in total. The minimum atomic E-state index is -0.634. The van der Waals surface area contributed by atoms with Gasteiger partial charge in [0.2, 0.25) is 0 Å². The van der Waals surface area contributed by atoms with Crippen molar-refractivity contribution in [3.8, 4) is 11.5 Å². The number of benzene rings is 3. The van der Waals surface area contributed by atoms with Crippen LogP contribution < -0.4 is 9.47 Å². The van der Waals surface area contributed by atoms with E-state index in [1.54, 1.807) is 6.08 Å². The third-order valence-electron chi connectivity index (χ3n) is 5.81. The molecule has 6 heteroatoms. The van der Waals surface area contributed by atoms with E-state index in [1.165, 1.54) is 13.2 Å². The summed E-state index contributed by atoms with van der Waals surface area (Å²) < 4.78 is 23.2. The fourth-order valence-electron chi connectivity index (χ4n) is 3.97. The zero-order chi connectivity index (χ0) is 28.3. The van der Waals surface area contributed by atoms with Gasteiger partial charge in [-0.1, -0.05) is 74.0 Å². The number of carbonyl (C=O) groups excluding carboxylic acids is 2. The first kappa shape index (κ1) is 29.5. The van der Waals surface area contributed by atoms with Gasteiger partial charge in [-0.3, -0.25) is 0 Å². The molecule has 0 spiro atoms. The summed E-state index contributed by atoms with van der Waals surface area (Å²) in [5, 5.41) is 0. The molecule has 0 aromatic heterocycles. The Hall–Kier alpha value is -4.06. The molecule has 206 valence electrons. The Morgan fingerprint density at radius 2 is 1.46 bits per heavy atom. The normalized spacial score (nSPS) is 11.3. The van der Waals surface area contributed by atoms with Crippen molar-refractivity contribution in [2.24, 2.45) is 0 Å². The highest BCUT2D eigenvalue weighted by Gasteiger charge is 2.26. The van der Waals surface area contributed by atoms with Gasteiger partial charge in [0, 0.05) is 11.6 Å². The second-order valence-electron chi connectivity index (χ2n) is 10.2. The maximum atomic E-state index is 13.2. The second kappa shape index (κ2) is 14.2. The predicted molar refractivity (Wildman–Crippen MR) is 153 cm³/mol. The van der Waals surface area contributed by atoms with Gasteiger partial charge in [-0.25, -0.2) is 9.59 Å². The van der Waals surface area contributed by atoms with E-state index in [0.29, 0.717) is 23.5 Å². The molecule has 0 saturated heterocycles. The first-order valence-corrected chi connectivity index (χ1v) is 13.2. The fourth-order valence-corrected chi connectivity index (χ4v) is 3.97. The van der Waals surface area contributed by atoms with E-state index in [4.69, 9.17) is 18.9 Å². The Morgan fingerprint density at radius 3 is 2.00 bits per heavy atom. The molecule has 6 nitrogen and oxygen atoms in total. The number of hydrogen-bond donors (Lipinski definition) is 0. The molecule has 0 unspecified atom stereocenters. The van der Waals surface area contributed by atoms with Gasteiger partial charge in [-0.2, -0.15) is 0 Å². The first-order chi connectivity index (χ1) is 18.7. The van der Waals surface area contributed by atoms with Crippen LogP contribution in [-0.4, -0.2) is 24.6 Å². The van der Waals surface area contributed by atoms with Gasteiger partial charge in [0.05, 0.1) is 7.11 Å². The SMILES string of the molecule is CCCCc1cc(OCc2ccccc2)c(C(=O)OC)c(OCc2ccccc2)c1/C=C/C(=O)OC(C)(C)C. The van der Waals surface area contributed by atoms with Crippen molar-refractivity contribution >= 4 is 18.0 Å². The summed E-state index contributed by atoms with van der Waals surface area (Å²) in [6.45, 7) is 8.03. The fraction of sp³-hybridized carbons (Fsp3) is 0.333. The van der Waals surface area contributed by atoms with E-state index >= 15 is 0 Å². The molecule has 3 rings (SSSR count). The molecular formula is C33H38O6. The molecule has 0 saturated carbocycles. The number of esters is 2. The van der Waals surface area contributed by atoms with Crippen molar-refractivity contribution in [2.75, 3.05) is 7.11 Å². The molecule has 0 aliphatic carbocycles. The van der Waals surface area contributed by atoms with Crippen LogP contribution in [0.1, 0.15) is 73.1 Å². The van der Waals surface area contributed by atoms with Crippen LogP contribution in [0.2, 0.25) is 0 Å². The summed E-state index contributed by atoms with van der Waals surface area (Å²) >= 11 is 0. The van der Waals surface area contributed by atoms with Gasteiger partial charge in [0.25, 0.3) is 0 Å². The minimum Gasteiger partial charge on any atom is -0.488 e. The maximum absolute atomic E-state index is 13.2. The lowest BCUT2D eigenvalue weighted by Crippen LogP contribution is -2.22. The number of aryl methyl sites for hydroxylation is 1. The van der Waals surface area contributed by atoms with Crippen LogP contribution in [0, 0.1) is 0 Å². The van der Waals surface area contributed by atoms with Crippen LogP contribution in [0.4, 0.5) is 0 Å². The second-order valence-corrected chi connectivity index (χ2v) is 10.2. The van der Waals surface area contributed by atoms with E-state index in [-0.39, 0.29) is 18.8 Å². The van der Waals surface area contributed by atoms with E-state index in [1.807, 2.05) is 87.5 Å². The summed E-state index contributed by atoms with van der Waals surface area (Å²) in [5.41, 5.74) is 2.96. The quantitative estimate of drug-likeness (QED) is 0.180. The lowest BCUT2D eigenvalue weighted by molar-refractivity contribution is -0.148. The molecule has 0 atom stereocenters. The van der Waals surface area contributed by atoms with E-state index in [0.717, 1.165) is 29.5 Å². The predicted octanol–water partition coefficient (Wildman–Crippen LogP) is 7.33. The third kappa shape index (κ3) is 9.02. The van der Waals surface area contributed by atoms with Crippen molar-refractivity contribution in [2.45, 2.75) is 65.8 Å². The van der Waals surface area contributed by atoms with E-state index in [9.17, 15) is 9.59 Å². The highest BCUT2D eigenvalue weighted by atomic mass is 16.6. The van der Waals surface area contributed by atoms with Crippen LogP contribution >= 0.6 is 0 Å². The molecule has 0 heterocycles. The highest BCUT2D eigenvalue weighted by molar-refractivity contribution is 5.98. The smallest absolute Gasteiger partial charge is 0.345 e. The molecule has 3 aromatic carbocycles. The summed E-state index contributed by atoms with van der Waals surface area (Å²) in [6, 6.07) is 21.3. The zero-order valence-corrected chi connectivity index (χ0v) is 23.5. The average molecular weight is 531 g/mol. The monoisotopic (exact) mass is 530 g/mol. The van der Waals surface area contributed by atoms with Crippen molar-refractivity contribution in [3.63, 3.8) is 0 Å². The molecule has 0 bridgehead atoms. The Morgan fingerprint density at radius 1 is 0.872 bits per heavy atom. The topological polar surface area (TPSA) is 71.1 Å². The highest BCUT2D eigenvalue weighted by Crippen LogP contribution is 2.39. The van der Waals surface area contributed by atoms with Gasteiger partial charge in [0.1, 0.15) is 35.9 Å². The summed E-state index contributed by atoms with van der Waals surface area (Å²) in [4.78, 5) is 25.8. The lowest BCUT2D eigenvalue weighted by Gasteiger charge is -2.21. The molecule has 39 heavy (non-hydrogen) atoms. The maximum Gasteiger partial charge on any atom is 0.345 e. The van der Waals surface area contributed by atoms with Gasteiger partial charge >= 0.3 is 11.9 Å². The molecule has 0 radical (unpaired) electrons. The number of rotatable bonds is 12. The minimum absolute atomic E-state index is 0.174. The Bertz CT molecular complexity index is 1260. The standard InChI is InChI=1S/C33H38O6/c1-6-7-18-26-21-28(37-22-24-14-10-8-11-15-24)30(32(35)36-5)31(38-23-25-16-12-9-13-17-25)27(26)19-20-29(34)39-33(2,3)4/h8-17,19-21H,6-7,18,22-23H2,1-5H3/b20-19+. The summed E-state index contributed by atoms with van der Waals surface area (Å²) in [7, 11) is 1.32. The van der Waals surface area contributed by atoms with E-state index < -0.39 is 17.5 Å². The van der Waals surface area contributed by atoms with Crippen LogP contribution in [0.5, 0.6) is 11.5 Å². The lowest BCUT2D eigenvalue weighted by atomic mass is 9.96. The number of methoxy groups -OCH3 is 1. The molecular weight excluding hydrogens is 492 g/mol. The van der Waals surface area contributed by atoms with Crippen molar-refractivity contribution in [3.05, 3.63) is 101 Å². The van der Waals surface area contributed by atoms with Crippen LogP contribution in [0.25, 0.3) is 6.08 Å². The first-order valence-electron chi connectivity index (χ1n) is 13.2. The summed E-state index contributed by atoms with van der Waals surface area (Å²) in [5.74, 6) is -0.395. The zero-order valence-electron chi connectivity index (χ0n) is 23.5. The number of carbonyl (C=O) groups is 2. The van der Waals surface area contributed by atoms with Crippen molar-refractivity contribution in [1.82, 2.24) is 0 Å². The molecule has 3 aromatic rings. The third-order valence-corrected chi connectivity index (χ3v) is 5.81. The molecule has 0 amide bonds. The molecule has 0 aliphatic rings. The van der Waals surface area contributed by atoms with Gasteiger partial charge in [-0.05, 0) is 62.4 Å². The van der Waals surface area contributed by atoms with Crippen LogP contribution in [-0.2, 0) is 33.9 Å². The van der Waals surface area contributed by atoms with Gasteiger partial charge in [-0.15, -0.1) is 0 Å². The van der Waals surface area contributed by atoms with Crippen molar-refractivity contribution < 1.29 is 28.5 Å². The Kier molecular flexibility index (Phi) is 10.7. The van der Waals surface area contributed by atoms with Crippen LogP contribution in [0.3, 0.4) is 0 Å². The number of ether oxygens (including phenoxy) is 4. The van der Waals surface area contributed by atoms with Gasteiger partial charge < -0.3 is 18.9 Å². The Labute approximate surface area is 231 Å². The Balaban J connectivity index is 2.15. The number of unbranched alkanes of at least 4 members (excludes halogenated alkanes) is 1. The molecule has 0 fully saturated rings.